The Bertz CT molecular complexity index is 271. The van der Waals surface area contributed by atoms with E-state index in [0.29, 0.717) is 0 Å². The van der Waals surface area contributed by atoms with Crippen LogP contribution < -0.4 is 4.90 Å². The zero-order chi connectivity index (χ0) is 9.84. The fourth-order valence-electron chi connectivity index (χ4n) is 1.21. The van der Waals surface area contributed by atoms with Crippen LogP contribution in [0.5, 0.6) is 0 Å². The van der Waals surface area contributed by atoms with E-state index in [0.717, 1.165) is 0 Å². The molecule has 0 aliphatic heterocycles. The Balaban J connectivity index is 2.91. The van der Waals surface area contributed by atoms with Gasteiger partial charge in [-0.3, -0.25) is 0 Å². The minimum absolute atomic E-state index is 0.205. The molecule has 0 saturated heterocycles. The largest absolute Gasteiger partial charge is 0.396 e. The summed E-state index contributed by atoms with van der Waals surface area (Å²) in [5.41, 5.74) is 2.37. The highest BCUT2D eigenvalue weighted by Gasteiger charge is 2.04. The van der Waals surface area contributed by atoms with E-state index >= 15 is 0 Å². The van der Waals surface area contributed by atoms with Crippen LogP contribution in [0.3, 0.4) is 0 Å². The monoisotopic (exact) mass is 179 g/mol. The van der Waals surface area contributed by atoms with Gasteiger partial charge in [0.1, 0.15) is 0 Å². The second-order valence-electron chi connectivity index (χ2n) is 3.57. The first-order valence-corrected chi connectivity index (χ1v) is 4.53. The smallest absolute Gasteiger partial charge is 0.0497 e. The van der Waals surface area contributed by atoms with Gasteiger partial charge in [0, 0.05) is 32.3 Å². The van der Waals surface area contributed by atoms with Crippen molar-refractivity contribution in [1.82, 2.24) is 0 Å². The molecule has 2 heteroatoms. The molecule has 72 valence electrons. The lowest BCUT2D eigenvalue weighted by Gasteiger charge is -2.15. The topological polar surface area (TPSA) is 23.5 Å². The van der Waals surface area contributed by atoms with Gasteiger partial charge in [-0.15, -0.1) is 0 Å². The third-order valence-electron chi connectivity index (χ3n) is 2.23. The first-order chi connectivity index (χ1) is 6.15. The Morgan fingerprint density at radius 2 is 2.08 bits per heavy atom. The van der Waals surface area contributed by atoms with Crippen LogP contribution in [0, 0.1) is 0 Å². The molecule has 0 aromatic heterocycles. The summed E-state index contributed by atoms with van der Waals surface area (Å²) in [5, 5.41) is 9.00. The molecule has 1 unspecified atom stereocenters. The molecule has 0 saturated carbocycles. The van der Waals surface area contributed by atoms with Crippen LogP contribution in [0.25, 0.3) is 0 Å². The Labute approximate surface area is 79.8 Å². The van der Waals surface area contributed by atoms with Gasteiger partial charge in [-0.1, -0.05) is 19.1 Å². The highest BCUT2D eigenvalue weighted by molar-refractivity contribution is 5.47. The van der Waals surface area contributed by atoms with Crippen LogP contribution in [0.2, 0.25) is 0 Å². The van der Waals surface area contributed by atoms with Crippen molar-refractivity contribution in [3.8, 4) is 0 Å². The molecular weight excluding hydrogens is 162 g/mol. The first kappa shape index (κ1) is 10.1. The molecule has 1 rings (SSSR count). The van der Waals surface area contributed by atoms with Crippen LogP contribution in [0.1, 0.15) is 18.4 Å². The number of rotatable bonds is 3. The average molecular weight is 179 g/mol. The van der Waals surface area contributed by atoms with Crippen LogP contribution in [0.15, 0.2) is 24.3 Å². The van der Waals surface area contributed by atoms with Gasteiger partial charge in [-0.2, -0.15) is 0 Å². The predicted molar refractivity (Wildman–Crippen MR) is 56.3 cm³/mol. The lowest BCUT2D eigenvalue weighted by molar-refractivity contribution is 0.273. The van der Waals surface area contributed by atoms with Crippen LogP contribution >= 0.6 is 0 Å². The second kappa shape index (κ2) is 4.28. The van der Waals surface area contributed by atoms with Crippen LogP contribution in [-0.2, 0) is 0 Å². The third-order valence-corrected chi connectivity index (χ3v) is 2.23. The van der Waals surface area contributed by atoms with E-state index in [-0.39, 0.29) is 12.5 Å². The zero-order valence-corrected chi connectivity index (χ0v) is 8.49. The molecule has 13 heavy (non-hydrogen) atoms. The number of hydrogen-bond acceptors (Lipinski definition) is 2. The molecule has 0 spiro atoms. The van der Waals surface area contributed by atoms with Crippen molar-refractivity contribution in [2.75, 3.05) is 25.6 Å². The van der Waals surface area contributed by atoms with Gasteiger partial charge in [0.2, 0.25) is 0 Å². The summed E-state index contributed by atoms with van der Waals surface area (Å²) >= 11 is 0. The lowest BCUT2D eigenvalue weighted by atomic mass is 10.0. The number of nitrogens with zero attached hydrogens (tertiary/aromatic N) is 1. The molecule has 0 aliphatic carbocycles. The second-order valence-corrected chi connectivity index (χ2v) is 3.57. The van der Waals surface area contributed by atoms with Crippen molar-refractivity contribution in [3.63, 3.8) is 0 Å². The SMILES string of the molecule is CC(CO)c1cccc(N(C)C)c1. The summed E-state index contributed by atoms with van der Waals surface area (Å²) in [7, 11) is 4.03. The van der Waals surface area contributed by atoms with E-state index < -0.39 is 0 Å². The quantitative estimate of drug-likeness (QED) is 0.765. The maximum absolute atomic E-state index is 9.00. The summed E-state index contributed by atoms with van der Waals surface area (Å²) in [4.78, 5) is 2.06. The molecule has 0 aliphatic rings. The third kappa shape index (κ3) is 2.46. The summed E-state index contributed by atoms with van der Waals surface area (Å²) in [6, 6.07) is 8.25. The van der Waals surface area contributed by atoms with Crippen molar-refractivity contribution in [2.24, 2.45) is 0 Å². The number of aliphatic hydroxyl groups excluding tert-OH is 1. The molecule has 1 atom stereocenters. The minimum atomic E-state index is 0.205. The van der Waals surface area contributed by atoms with Gasteiger partial charge in [-0.05, 0) is 17.7 Å². The molecule has 0 radical (unpaired) electrons. The summed E-state index contributed by atoms with van der Waals surface area (Å²) in [5.74, 6) is 0.222. The van der Waals surface area contributed by atoms with Crippen LogP contribution in [0.4, 0.5) is 5.69 Å². The maximum Gasteiger partial charge on any atom is 0.0497 e. The highest BCUT2D eigenvalue weighted by Crippen LogP contribution is 2.19. The van der Waals surface area contributed by atoms with Gasteiger partial charge < -0.3 is 10.0 Å². The van der Waals surface area contributed by atoms with E-state index in [1.165, 1.54) is 11.3 Å². The van der Waals surface area contributed by atoms with Gasteiger partial charge >= 0.3 is 0 Å². The van der Waals surface area contributed by atoms with Crippen molar-refractivity contribution < 1.29 is 5.11 Å². The van der Waals surface area contributed by atoms with Crippen molar-refractivity contribution in [1.29, 1.82) is 0 Å². The normalized spacial score (nSPS) is 12.6. The molecular formula is C11H17NO. The van der Waals surface area contributed by atoms with E-state index in [2.05, 4.69) is 17.0 Å². The maximum atomic E-state index is 9.00. The molecule has 0 amide bonds. The standard InChI is InChI=1S/C11H17NO/c1-9(8-13)10-5-4-6-11(7-10)12(2)3/h4-7,9,13H,8H2,1-3H3. The molecule has 0 heterocycles. The van der Waals surface area contributed by atoms with Crippen molar-refractivity contribution >= 4 is 5.69 Å². The van der Waals surface area contributed by atoms with Gasteiger partial charge in [0.25, 0.3) is 0 Å². The Morgan fingerprint density at radius 1 is 1.38 bits per heavy atom. The van der Waals surface area contributed by atoms with Gasteiger partial charge in [0.15, 0.2) is 0 Å². The number of hydrogen-bond donors (Lipinski definition) is 1. The van der Waals surface area contributed by atoms with Gasteiger partial charge in [0.05, 0.1) is 0 Å². The Morgan fingerprint density at radius 3 is 2.62 bits per heavy atom. The Hall–Kier alpha value is -1.02. The van der Waals surface area contributed by atoms with E-state index in [1.54, 1.807) is 0 Å². The molecule has 1 N–H and O–H groups in total. The summed E-state index contributed by atoms with van der Waals surface area (Å²) < 4.78 is 0. The number of anilines is 1. The number of benzene rings is 1. The van der Waals surface area contributed by atoms with Gasteiger partial charge in [-0.25, -0.2) is 0 Å². The Kier molecular flexibility index (Phi) is 3.32. The summed E-state index contributed by atoms with van der Waals surface area (Å²) in [6.45, 7) is 2.23. The van der Waals surface area contributed by atoms with Crippen molar-refractivity contribution in [2.45, 2.75) is 12.8 Å². The molecule has 1 aromatic carbocycles. The fraction of sp³-hybridized carbons (Fsp3) is 0.455. The van der Waals surface area contributed by atoms with E-state index in [9.17, 15) is 0 Å². The molecule has 1 aromatic rings. The fourth-order valence-corrected chi connectivity index (χ4v) is 1.21. The molecule has 2 nitrogen and oxygen atoms in total. The minimum Gasteiger partial charge on any atom is -0.396 e. The first-order valence-electron chi connectivity index (χ1n) is 4.53. The number of aliphatic hydroxyl groups is 1. The van der Waals surface area contributed by atoms with E-state index in [4.69, 9.17) is 5.11 Å². The predicted octanol–water partition coefficient (Wildman–Crippen LogP) is 1.85. The van der Waals surface area contributed by atoms with Crippen LogP contribution in [-0.4, -0.2) is 25.8 Å². The summed E-state index contributed by atoms with van der Waals surface area (Å²) in [6.07, 6.45) is 0. The lowest BCUT2D eigenvalue weighted by Crippen LogP contribution is -2.09. The van der Waals surface area contributed by atoms with Crippen molar-refractivity contribution in [3.05, 3.63) is 29.8 Å². The highest BCUT2D eigenvalue weighted by atomic mass is 16.3. The molecule has 0 bridgehead atoms. The zero-order valence-electron chi connectivity index (χ0n) is 8.49. The van der Waals surface area contributed by atoms with E-state index in [1.807, 2.05) is 33.2 Å². The average Bonchev–Trinajstić information content (AvgIpc) is 2.17. The molecule has 0 fully saturated rings.